The number of ether oxygens (including phenoxy) is 1. The van der Waals surface area contributed by atoms with Crippen LogP contribution in [0.3, 0.4) is 0 Å². The van der Waals surface area contributed by atoms with Crippen LogP contribution >= 0.6 is 35.0 Å². The Bertz CT molecular complexity index is 665. The minimum atomic E-state index is -0.304. The van der Waals surface area contributed by atoms with E-state index < -0.39 is 0 Å². The van der Waals surface area contributed by atoms with Crippen LogP contribution < -0.4 is 10.1 Å². The van der Waals surface area contributed by atoms with Crippen molar-refractivity contribution in [2.24, 2.45) is 0 Å². The molecule has 0 spiro atoms. The Hall–Kier alpha value is -1.43. The summed E-state index contributed by atoms with van der Waals surface area (Å²) in [5.74, 6) is 0.898. The van der Waals surface area contributed by atoms with Gasteiger partial charge < -0.3 is 10.1 Å². The number of amides is 1. The van der Waals surface area contributed by atoms with Crippen molar-refractivity contribution in [2.75, 3.05) is 12.4 Å². The molecule has 0 saturated heterocycles. The average Bonchev–Trinajstić information content (AvgIpc) is 2.50. The minimum absolute atomic E-state index is 0.183. The lowest BCUT2D eigenvalue weighted by Crippen LogP contribution is -2.23. The van der Waals surface area contributed by atoms with E-state index in [9.17, 15) is 4.79 Å². The molecule has 1 aromatic heterocycles. The van der Waals surface area contributed by atoms with E-state index in [0.29, 0.717) is 15.9 Å². The second-order valence-electron chi connectivity index (χ2n) is 4.41. The van der Waals surface area contributed by atoms with Crippen molar-refractivity contribution in [3.8, 4) is 5.75 Å². The number of hydrogen-bond acceptors (Lipinski definition) is 4. The first-order valence-corrected chi connectivity index (χ1v) is 8.06. The Kier molecular flexibility index (Phi) is 5.94. The van der Waals surface area contributed by atoms with Crippen molar-refractivity contribution in [3.05, 3.63) is 46.6 Å². The highest BCUT2D eigenvalue weighted by atomic mass is 35.5. The van der Waals surface area contributed by atoms with Gasteiger partial charge in [0.2, 0.25) is 5.91 Å². The van der Waals surface area contributed by atoms with Gasteiger partial charge in [-0.15, -0.1) is 11.8 Å². The van der Waals surface area contributed by atoms with E-state index in [4.69, 9.17) is 27.9 Å². The maximum Gasteiger partial charge on any atom is 0.238 e. The van der Waals surface area contributed by atoms with Crippen molar-refractivity contribution >= 4 is 46.7 Å². The van der Waals surface area contributed by atoms with Crippen molar-refractivity contribution in [2.45, 2.75) is 17.1 Å². The molecular weight excluding hydrogens is 343 g/mol. The van der Waals surface area contributed by atoms with E-state index in [0.717, 1.165) is 10.6 Å². The summed E-state index contributed by atoms with van der Waals surface area (Å²) in [7, 11) is 1.61. The SMILES string of the molecule is COc1ccc(S[C@H](C)C(=O)Nc2ncc(Cl)cc2Cl)cc1. The van der Waals surface area contributed by atoms with Crippen LogP contribution in [0, 0.1) is 0 Å². The summed E-state index contributed by atoms with van der Waals surface area (Å²) in [6, 6.07) is 9.05. The third kappa shape index (κ3) is 4.53. The second-order valence-corrected chi connectivity index (χ2v) is 6.67. The molecule has 2 aromatic rings. The van der Waals surface area contributed by atoms with Crippen LogP contribution in [0.5, 0.6) is 5.75 Å². The fraction of sp³-hybridized carbons (Fsp3) is 0.200. The number of rotatable bonds is 5. The molecule has 1 heterocycles. The zero-order valence-electron chi connectivity index (χ0n) is 12.0. The number of hydrogen-bond donors (Lipinski definition) is 1. The zero-order valence-corrected chi connectivity index (χ0v) is 14.3. The highest BCUT2D eigenvalue weighted by Crippen LogP contribution is 2.27. The van der Waals surface area contributed by atoms with Crippen LogP contribution in [0.1, 0.15) is 6.92 Å². The fourth-order valence-corrected chi connectivity index (χ4v) is 2.93. The van der Waals surface area contributed by atoms with Gasteiger partial charge >= 0.3 is 0 Å². The van der Waals surface area contributed by atoms with E-state index in [1.165, 1.54) is 24.0 Å². The lowest BCUT2D eigenvalue weighted by atomic mass is 10.3. The number of nitrogens with one attached hydrogen (secondary N) is 1. The van der Waals surface area contributed by atoms with Gasteiger partial charge in [0, 0.05) is 11.1 Å². The van der Waals surface area contributed by atoms with E-state index in [1.807, 2.05) is 31.2 Å². The number of thioether (sulfide) groups is 1. The van der Waals surface area contributed by atoms with Crippen LogP contribution in [-0.2, 0) is 4.79 Å². The lowest BCUT2D eigenvalue weighted by Gasteiger charge is -2.12. The van der Waals surface area contributed by atoms with Gasteiger partial charge in [-0.3, -0.25) is 4.79 Å². The first kappa shape index (κ1) is 16.9. The maximum atomic E-state index is 12.2. The molecule has 0 aliphatic rings. The molecule has 0 radical (unpaired) electrons. The number of anilines is 1. The van der Waals surface area contributed by atoms with Crippen molar-refractivity contribution in [3.63, 3.8) is 0 Å². The van der Waals surface area contributed by atoms with Crippen LogP contribution in [-0.4, -0.2) is 23.3 Å². The van der Waals surface area contributed by atoms with Gasteiger partial charge in [-0.05, 0) is 37.3 Å². The molecule has 0 unspecified atom stereocenters. The van der Waals surface area contributed by atoms with Crippen molar-refractivity contribution in [1.29, 1.82) is 0 Å². The molecule has 1 amide bonds. The standard InChI is InChI=1S/C15H14Cl2N2O2S/c1-9(22-12-5-3-11(21-2)4-6-12)15(20)19-14-13(17)7-10(16)8-18-14/h3-9H,1-2H3,(H,18,19,20)/t9-/m1/s1. The smallest absolute Gasteiger partial charge is 0.238 e. The maximum absolute atomic E-state index is 12.2. The van der Waals surface area contributed by atoms with Crippen molar-refractivity contribution in [1.82, 2.24) is 4.98 Å². The predicted octanol–water partition coefficient (Wildman–Crippen LogP) is 4.52. The monoisotopic (exact) mass is 356 g/mol. The summed E-state index contributed by atoms with van der Waals surface area (Å²) >= 11 is 13.2. The molecule has 0 saturated carbocycles. The van der Waals surface area contributed by atoms with E-state index in [-0.39, 0.29) is 11.2 Å². The number of pyridine rings is 1. The van der Waals surface area contributed by atoms with Gasteiger partial charge in [0.05, 0.1) is 22.4 Å². The normalized spacial score (nSPS) is 11.8. The van der Waals surface area contributed by atoms with Crippen LogP contribution in [0.15, 0.2) is 41.4 Å². The first-order chi connectivity index (χ1) is 10.5. The zero-order chi connectivity index (χ0) is 16.1. The first-order valence-electron chi connectivity index (χ1n) is 6.42. The molecule has 22 heavy (non-hydrogen) atoms. The molecule has 0 fully saturated rings. The Morgan fingerprint density at radius 3 is 2.59 bits per heavy atom. The van der Waals surface area contributed by atoms with Crippen molar-refractivity contribution < 1.29 is 9.53 Å². The highest BCUT2D eigenvalue weighted by molar-refractivity contribution is 8.00. The molecule has 7 heteroatoms. The average molecular weight is 357 g/mol. The predicted molar refractivity (Wildman–Crippen MR) is 91.2 cm³/mol. The van der Waals surface area contributed by atoms with Crippen LogP contribution in [0.2, 0.25) is 10.0 Å². The third-order valence-electron chi connectivity index (χ3n) is 2.79. The molecule has 1 atom stereocenters. The Labute approximate surface area is 143 Å². The molecule has 4 nitrogen and oxygen atoms in total. The topological polar surface area (TPSA) is 51.2 Å². The molecule has 2 rings (SSSR count). The molecule has 1 aromatic carbocycles. The third-order valence-corrected chi connectivity index (χ3v) is 4.40. The Morgan fingerprint density at radius 2 is 2.00 bits per heavy atom. The highest BCUT2D eigenvalue weighted by Gasteiger charge is 2.16. The number of nitrogens with zero attached hydrogens (tertiary/aromatic N) is 1. The Morgan fingerprint density at radius 1 is 1.32 bits per heavy atom. The summed E-state index contributed by atoms with van der Waals surface area (Å²) in [4.78, 5) is 17.2. The van der Waals surface area contributed by atoms with Gasteiger partial charge in [0.1, 0.15) is 5.75 Å². The summed E-state index contributed by atoms with van der Waals surface area (Å²) in [6.45, 7) is 1.81. The van der Waals surface area contributed by atoms with Gasteiger partial charge in [0.15, 0.2) is 5.82 Å². The summed E-state index contributed by atoms with van der Waals surface area (Å²) in [5.41, 5.74) is 0. The summed E-state index contributed by atoms with van der Waals surface area (Å²) < 4.78 is 5.10. The van der Waals surface area contributed by atoms with E-state index in [1.54, 1.807) is 7.11 Å². The molecule has 116 valence electrons. The van der Waals surface area contributed by atoms with Crippen LogP contribution in [0.25, 0.3) is 0 Å². The van der Waals surface area contributed by atoms with Gasteiger partial charge in [-0.1, -0.05) is 23.2 Å². The number of carbonyl (C=O) groups is 1. The molecular formula is C15H14Cl2N2O2S. The quantitative estimate of drug-likeness (QED) is 0.800. The number of aromatic nitrogens is 1. The molecule has 0 bridgehead atoms. The van der Waals surface area contributed by atoms with E-state index >= 15 is 0 Å². The minimum Gasteiger partial charge on any atom is -0.497 e. The number of carbonyl (C=O) groups excluding carboxylic acids is 1. The van der Waals surface area contributed by atoms with E-state index in [2.05, 4.69) is 10.3 Å². The number of methoxy groups -OCH3 is 1. The molecule has 0 aliphatic carbocycles. The van der Waals surface area contributed by atoms with Crippen LogP contribution in [0.4, 0.5) is 5.82 Å². The fourth-order valence-electron chi connectivity index (χ4n) is 1.64. The Balaban J connectivity index is 1.99. The van der Waals surface area contributed by atoms with Gasteiger partial charge in [-0.2, -0.15) is 0 Å². The summed E-state index contributed by atoms with van der Waals surface area (Å²) in [5, 5.41) is 3.12. The lowest BCUT2D eigenvalue weighted by molar-refractivity contribution is -0.115. The van der Waals surface area contributed by atoms with Gasteiger partial charge in [0.25, 0.3) is 0 Å². The number of benzene rings is 1. The second kappa shape index (κ2) is 7.72. The molecule has 1 N–H and O–H groups in total. The largest absolute Gasteiger partial charge is 0.497 e. The van der Waals surface area contributed by atoms with Gasteiger partial charge in [-0.25, -0.2) is 4.98 Å². The molecule has 0 aliphatic heterocycles. The summed E-state index contributed by atoms with van der Waals surface area (Å²) in [6.07, 6.45) is 1.43. The number of halogens is 2.